The van der Waals surface area contributed by atoms with E-state index in [0.29, 0.717) is 13.0 Å². The highest BCUT2D eigenvalue weighted by atomic mass is 16.5. The highest BCUT2D eigenvalue weighted by Gasteiger charge is 2.42. The van der Waals surface area contributed by atoms with Gasteiger partial charge in [0, 0.05) is 51.4 Å². The molecule has 0 radical (unpaired) electrons. The molecule has 0 aliphatic carbocycles. The number of likely N-dealkylation sites (tertiary alicyclic amines) is 1. The molecular formula is C42H69N3O7. The number of amides is 2. The average Bonchev–Trinajstić information content (AvgIpc) is 3.62. The van der Waals surface area contributed by atoms with Crippen molar-refractivity contribution >= 4 is 29.4 Å². The molecule has 52 heavy (non-hydrogen) atoms. The van der Waals surface area contributed by atoms with E-state index in [1.807, 2.05) is 76.8 Å². The molecule has 0 saturated carbocycles. The van der Waals surface area contributed by atoms with E-state index in [4.69, 9.17) is 9.47 Å². The molecule has 2 amide bonds. The molecule has 1 aliphatic heterocycles. The summed E-state index contributed by atoms with van der Waals surface area (Å²) in [6.45, 7) is 16.6. The van der Waals surface area contributed by atoms with E-state index in [0.717, 1.165) is 24.8 Å². The fraction of sp³-hybridized carbons (Fsp3) is 0.738. The van der Waals surface area contributed by atoms with Crippen LogP contribution < -0.4 is 5.32 Å². The zero-order valence-corrected chi connectivity index (χ0v) is 34.1. The van der Waals surface area contributed by atoms with Gasteiger partial charge in [0.2, 0.25) is 11.8 Å². The number of hydrogen-bond donors (Lipinski definition) is 1. The van der Waals surface area contributed by atoms with Gasteiger partial charge in [-0.05, 0) is 55.5 Å². The first-order valence-corrected chi connectivity index (χ1v) is 19.5. The second-order valence-electron chi connectivity index (χ2n) is 15.9. The van der Waals surface area contributed by atoms with E-state index >= 15 is 0 Å². The predicted molar refractivity (Wildman–Crippen MR) is 205 cm³/mol. The van der Waals surface area contributed by atoms with Gasteiger partial charge in [0.05, 0.1) is 37.6 Å². The van der Waals surface area contributed by atoms with Gasteiger partial charge in [-0.2, -0.15) is 0 Å². The van der Waals surface area contributed by atoms with Crippen molar-refractivity contribution in [1.82, 2.24) is 15.1 Å². The van der Waals surface area contributed by atoms with E-state index < -0.39 is 23.9 Å². The van der Waals surface area contributed by atoms with Crippen molar-refractivity contribution in [1.29, 1.82) is 0 Å². The maximum atomic E-state index is 14.2. The smallest absolute Gasteiger partial charge is 0.309 e. The molecule has 0 spiro atoms. The summed E-state index contributed by atoms with van der Waals surface area (Å²) in [5.74, 6) is -2.06. The largest absolute Gasteiger partial charge is 0.469 e. The van der Waals surface area contributed by atoms with Gasteiger partial charge >= 0.3 is 5.97 Å². The third-order valence-electron chi connectivity index (χ3n) is 11.8. The minimum atomic E-state index is -0.580. The number of ether oxygens (including phenoxy) is 2. The number of carbonyl (C=O) groups is 5. The Morgan fingerprint density at radius 3 is 2.06 bits per heavy atom. The number of likely N-dealkylation sites (N-methyl/N-ethyl adjacent to an activating group) is 2. The van der Waals surface area contributed by atoms with Crippen molar-refractivity contribution in [3.8, 4) is 0 Å². The number of hydrogen-bond acceptors (Lipinski definition) is 8. The number of carbonyl (C=O) groups excluding carboxylic acids is 5. The lowest BCUT2D eigenvalue weighted by Gasteiger charge is -2.40. The zero-order valence-electron chi connectivity index (χ0n) is 34.1. The summed E-state index contributed by atoms with van der Waals surface area (Å²) in [4.78, 5) is 71.6. The summed E-state index contributed by atoms with van der Waals surface area (Å²) in [5, 5.41) is 3.11. The second kappa shape index (κ2) is 21.6. The van der Waals surface area contributed by atoms with Gasteiger partial charge in [-0.25, -0.2) is 0 Å². The minimum Gasteiger partial charge on any atom is -0.469 e. The van der Waals surface area contributed by atoms with E-state index in [-0.39, 0.29) is 90.4 Å². The molecule has 1 aliphatic rings. The molecule has 1 saturated heterocycles. The predicted octanol–water partition coefficient (Wildman–Crippen LogP) is 5.99. The first-order chi connectivity index (χ1) is 24.5. The Morgan fingerprint density at radius 1 is 0.904 bits per heavy atom. The van der Waals surface area contributed by atoms with Crippen LogP contribution in [0.4, 0.5) is 0 Å². The quantitative estimate of drug-likeness (QED) is 0.145. The van der Waals surface area contributed by atoms with Crippen molar-refractivity contribution in [3.63, 3.8) is 0 Å². The summed E-state index contributed by atoms with van der Waals surface area (Å²) in [6, 6.07) is 8.78. The normalized spacial score (nSPS) is 19.3. The Kier molecular flexibility index (Phi) is 18.7. The van der Waals surface area contributed by atoms with Gasteiger partial charge in [-0.3, -0.25) is 24.0 Å². The van der Waals surface area contributed by atoms with Gasteiger partial charge in [-0.1, -0.05) is 92.1 Å². The molecule has 0 unspecified atom stereocenters. The second-order valence-corrected chi connectivity index (χ2v) is 15.9. The molecular weight excluding hydrogens is 658 g/mol. The van der Waals surface area contributed by atoms with Crippen LogP contribution in [0.3, 0.4) is 0 Å². The SMILES string of the molecule is CC[C@H](C)[C@@H]([C@@H](CC(=O)N1CCC[C@H]1[C@H](C)[C@@H](C)C(=O)C[C@@H](Cc1ccccc1)C(=O)OC)OC)N(C)C(=O)[C@@H](CC(=O)[C@@H](NC)C(C)C)C(C)C. The lowest BCUT2D eigenvalue weighted by atomic mass is 9.81. The van der Waals surface area contributed by atoms with E-state index in [1.54, 1.807) is 26.1 Å². The summed E-state index contributed by atoms with van der Waals surface area (Å²) in [5.41, 5.74) is 0.969. The molecule has 1 aromatic rings. The molecule has 294 valence electrons. The molecule has 10 heteroatoms. The van der Waals surface area contributed by atoms with Crippen LogP contribution in [0.1, 0.15) is 99.5 Å². The van der Waals surface area contributed by atoms with E-state index in [1.165, 1.54) is 7.11 Å². The van der Waals surface area contributed by atoms with Crippen LogP contribution in [0.2, 0.25) is 0 Å². The van der Waals surface area contributed by atoms with Gasteiger partial charge in [-0.15, -0.1) is 0 Å². The van der Waals surface area contributed by atoms with Crippen molar-refractivity contribution in [2.75, 3.05) is 34.9 Å². The van der Waals surface area contributed by atoms with Gasteiger partial charge in [0.25, 0.3) is 0 Å². The molecule has 0 bridgehead atoms. The topological polar surface area (TPSA) is 122 Å². The van der Waals surface area contributed by atoms with Crippen LogP contribution in [0.5, 0.6) is 0 Å². The number of ketones is 2. The number of esters is 1. The molecule has 1 fully saturated rings. The summed E-state index contributed by atoms with van der Waals surface area (Å²) >= 11 is 0. The highest BCUT2D eigenvalue weighted by Crippen LogP contribution is 2.33. The average molecular weight is 728 g/mol. The van der Waals surface area contributed by atoms with E-state index in [9.17, 15) is 24.0 Å². The maximum absolute atomic E-state index is 14.2. The number of nitrogens with zero attached hydrogens (tertiary/aromatic N) is 2. The van der Waals surface area contributed by atoms with Crippen molar-refractivity contribution < 1.29 is 33.4 Å². The molecule has 9 atom stereocenters. The fourth-order valence-electron chi connectivity index (χ4n) is 8.11. The first-order valence-electron chi connectivity index (χ1n) is 19.5. The van der Waals surface area contributed by atoms with Crippen LogP contribution in [0.25, 0.3) is 0 Å². The van der Waals surface area contributed by atoms with Crippen molar-refractivity contribution in [2.24, 2.45) is 41.4 Å². The van der Waals surface area contributed by atoms with Crippen molar-refractivity contribution in [2.45, 2.75) is 125 Å². The summed E-state index contributed by atoms with van der Waals surface area (Å²) in [6.07, 6.45) is 2.57. The van der Waals surface area contributed by atoms with Crippen LogP contribution in [0.15, 0.2) is 30.3 Å². The summed E-state index contributed by atoms with van der Waals surface area (Å²) in [7, 11) is 6.49. The third kappa shape index (κ3) is 12.0. The van der Waals surface area contributed by atoms with Crippen LogP contribution >= 0.6 is 0 Å². The Hall–Kier alpha value is -3.11. The highest BCUT2D eigenvalue weighted by molar-refractivity contribution is 5.90. The maximum Gasteiger partial charge on any atom is 0.309 e. The Balaban J connectivity index is 2.23. The van der Waals surface area contributed by atoms with Crippen LogP contribution in [-0.4, -0.2) is 98.2 Å². The summed E-state index contributed by atoms with van der Waals surface area (Å²) < 4.78 is 11.1. The lowest BCUT2D eigenvalue weighted by Crippen LogP contribution is -2.53. The molecule has 0 aromatic heterocycles. The number of methoxy groups -OCH3 is 2. The fourth-order valence-corrected chi connectivity index (χ4v) is 8.11. The Bertz CT molecular complexity index is 1300. The Labute approximate surface area is 314 Å². The molecule has 1 heterocycles. The standard InChI is InChI=1S/C42H69N3O7/c1-13-28(6)40(44(10)41(49)33(26(2)3)24-36(47)39(43-9)27(4)5)37(51-11)25-38(48)45-21-17-20-34(45)29(7)30(8)35(46)23-32(42(50)52-12)22-31-18-15-14-16-19-31/h14-16,18-19,26-30,32-34,37,39-40,43H,13,17,20-25H2,1-12H3/t28-,29+,30+,32+,33-,34-,37+,39-,40-/m0/s1. The van der Waals surface area contributed by atoms with Gasteiger partial charge < -0.3 is 24.6 Å². The monoisotopic (exact) mass is 728 g/mol. The molecule has 10 nitrogen and oxygen atoms in total. The molecule has 1 aromatic carbocycles. The number of Topliss-reactive ketones (excluding diaryl/α,β-unsaturated/α-hetero) is 2. The minimum absolute atomic E-state index is 0.0162. The van der Waals surface area contributed by atoms with Crippen LogP contribution in [-0.2, 0) is 39.9 Å². The van der Waals surface area contributed by atoms with E-state index in [2.05, 4.69) is 19.2 Å². The molecule has 1 N–H and O–H groups in total. The van der Waals surface area contributed by atoms with Crippen molar-refractivity contribution in [3.05, 3.63) is 35.9 Å². The van der Waals surface area contributed by atoms with Gasteiger partial charge in [0.1, 0.15) is 5.78 Å². The lowest BCUT2D eigenvalue weighted by molar-refractivity contribution is -0.148. The Morgan fingerprint density at radius 2 is 1.54 bits per heavy atom. The number of benzene rings is 1. The zero-order chi connectivity index (χ0) is 39.3. The molecule has 2 rings (SSSR count). The number of rotatable bonds is 22. The first kappa shape index (κ1) is 45.0. The van der Waals surface area contributed by atoms with Crippen LogP contribution in [0, 0.1) is 41.4 Å². The van der Waals surface area contributed by atoms with Gasteiger partial charge in [0.15, 0.2) is 5.78 Å². The number of nitrogens with one attached hydrogen (secondary N) is 1. The third-order valence-corrected chi connectivity index (χ3v) is 11.8.